The number of ether oxygens (including phenoxy) is 2. The summed E-state index contributed by atoms with van der Waals surface area (Å²) in [7, 11) is 0. The van der Waals surface area contributed by atoms with Gasteiger partial charge in [-0.2, -0.15) is 0 Å². The Labute approximate surface area is 65.3 Å². The van der Waals surface area contributed by atoms with Crippen molar-refractivity contribution in [2.45, 2.75) is 38.4 Å². The summed E-state index contributed by atoms with van der Waals surface area (Å²) >= 11 is 0. The molecule has 1 unspecified atom stereocenters. The third-order valence-corrected chi connectivity index (χ3v) is 1.86. The van der Waals surface area contributed by atoms with Crippen molar-refractivity contribution < 1.29 is 19.2 Å². The Morgan fingerprint density at radius 2 is 2.18 bits per heavy atom. The molecule has 11 heavy (non-hydrogen) atoms. The SMILES string of the molecule is CC1OO[C@@H]2CCCO[C@@H]2O1. The Bertz CT molecular complexity index is 138. The van der Waals surface area contributed by atoms with Crippen LogP contribution in [0.25, 0.3) is 0 Å². The van der Waals surface area contributed by atoms with E-state index < -0.39 is 0 Å². The van der Waals surface area contributed by atoms with Gasteiger partial charge in [0, 0.05) is 6.61 Å². The van der Waals surface area contributed by atoms with E-state index in [1.807, 2.05) is 0 Å². The lowest BCUT2D eigenvalue weighted by atomic mass is 10.1. The zero-order valence-corrected chi connectivity index (χ0v) is 6.49. The van der Waals surface area contributed by atoms with E-state index in [1.165, 1.54) is 0 Å². The highest BCUT2D eigenvalue weighted by Crippen LogP contribution is 2.24. The van der Waals surface area contributed by atoms with Crippen LogP contribution in [0.1, 0.15) is 19.8 Å². The van der Waals surface area contributed by atoms with Gasteiger partial charge in [-0.25, -0.2) is 9.78 Å². The van der Waals surface area contributed by atoms with Gasteiger partial charge in [-0.05, 0) is 19.8 Å². The quantitative estimate of drug-likeness (QED) is 0.491. The van der Waals surface area contributed by atoms with Gasteiger partial charge in [0.2, 0.25) is 0 Å². The molecule has 2 saturated heterocycles. The summed E-state index contributed by atoms with van der Waals surface area (Å²) < 4.78 is 10.6. The first-order chi connectivity index (χ1) is 5.36. The largest absolute Gasteiger partial charge is 0.350 e. The minimum absolute atomic E-state index is 0.0278. The van der Waals surface area contributed by atoms with Crippen molar-refractivity contribution in [3.63, 3.8) is 0 Å². The zero-order chi connectivity index (χ0) is 7.68. The van der Waals surface area contributed by atoms with Gasteiger partial charge in [0.15, 0.2) is 12.6 Å². The van der Waals surface area contributed by atoms with Crippen molar-refractivity contribution in [3.8, 4) is 0 Å². The van der Waals surface area contributed by atoms with Gasteiger partial charge in [-0.1, -0.05) is 0 Å². The number of hydrogen-bond acceptors (Lipinski definition) is 4. The molecular formula is C7H12O4. The second-order valence-electron chi connectivity index (χ2n) is 2.82. The van der Waals surface area contributed by atoms with Crippen molar-refractivity contribution in [3.05, 3.63) is 0 Å². The van der Waals surface area contributed by atoms with E-state index in [-0.39, 0.29) is 18.7 Å². The Morgan fingerprint density at radius 1 is 1.27 bits per heavy atom. The van der Waals surface area contributed by atoms with Crippen LogP contribution >= 0.6 is 0 Å². The Balaban J connectivity index is 1.93. The van der Waals surface area contributed by atoms with Crippen molar-refractivity contribution in [2.24, 2.45) is 0 Å². The molecule has 0 aromatic heterocycles. The normalized spacial score (nSPS) is 45.0. The minimum atomic E-state index is -0.311. The van der Waals surface area contributed by atoms with Crippen molar-refractivity contribution >= 4 is 0 Å². The van der Waals surface area contributed by atoms with Crippen LogP contribution in [0, 0.1) is 0 Å². The molecule has 0 N–H and O–H groups in total. The smallest absolute Gasteiger partial charge is 0.191 e. The maximum absolute atomic E-state index is 5.33. The maximum Gasteiger partial charge on any atom is 0.191 e. The predicted octanol–water partition coefficient (Wildman–Crippen LogP) is 0.816. The molecule has 64 valence electrons. The highest BCUT2D eigenvalue weighted by molar-refractivity contribution is 4.68. The molecule has 2 rings (SSSR count). The molecule has 2 fully saturated rings. The van der Waals surface area contributed by atoms with E-state index in [0.717, 1.165) is 19.4 Å². The van der Waals surface area contributed by atoms with Crippen LogP contribution in [0.5, 0.6) is 0 Å². The second kappa shape index (κ2) is 3.06. The molecule has 0 aromatic rings. The lowest BCUT2D eigenvalue weighted by molar-refractivity contribution is -0.487. The summed E-state index contributed by atoms with van der Waals surface area (Å²) in [5, 5.41) is 0. The molecule has 0 aliphatic carbocycles. The fourth-order valence-corrected chi connectivity index (χ4v) is 1.31. The minimum Gasteiger partial charge on any atom is -0.350 e. The van der Waals surface area contributed by atoms with E-state index in [4.69, 9.17) is 19.2 Å². The van der Waals surface area contributed by atoms with E-state index in [9.17, 15) is 0 Å². The average Bonchev–Trinajstić information content (AvgIpc) is 2.04. The molecule has 0 spiro atoms. The third-order valence-electron chi connectivity index (χ3n) is 1.86. The average molecular weight is 160 g/mol. The van der Waals surface area contributed by atoms with Crippen LogP contribution in [0.4, 0.5) is 0 Å². The van der Waals surface area contributed by atoms with Crippen LogP contribution in [0.2, 0.25) is 0 Å². The van der Waals surface area contributed by atoms with Gasteiger partial charge in [-0.15, -0.1) is 0 Å². The van der Waals surface area contributed by atoms with Crippen molar-refractivity contribution in [2.75, 3.05) is 6.61 Å². The standard InChI is InChI=1S/C7H12O4/c1-5-9-7-6(11-10-5)3-2-4-8-7/h5-7H,2-4H2,1H3/t5?,6-,7-/m1/s1. The van der Waals surface area contributed by atoms with Crippen LogP contribution in [0.15, 0.2) is 0 Å². The van der Waals surface area contributed by atoms with E-state index >= 15 is 0 Å². The predicted molar refractivity (Wildman–Crippen MR) is 35.5 cm³/mol. The summed E-state index contributed by atoms with van der Waals surface area (Å²) in [4.78, 5) is 9.89. The van der Waals surface area contributed by atoms with Crippen LogP contribution < -0.4 is 0 Å². The van der Waals surface area contributed by atoms with Crippen LogP contribution in [-0.2, 0) is 19.2 Å². The van der Waals surface area contributed by atoms with E-state index in [0.29, 0.717) is 0 Å². The molecule has 0 saturated carbocycles. The molecule has 3 atom stereocenters. The fraction of sp³-hybridized carbons (Fsp3) is 1.00. The molecule has 0 bridgehead atoms. The molecule has 4 heteroatoms. The number of hydrogen-bond donors (Lipinski definition) is 0. The van der Waals surface area contributed by atoms with Crippen LogP contribution in [0.3, 0.4) is 0 Å². The summed E-state index contributed by atoms with van der Waals surface area (Å²) in [6.45, 7) is 2.55. The van der Waals surface area contributed by atoms with Gasteiger partial charge < -0.3 is 9.47 Å². The molecular weight excluding hydrogens is 148 g/mol. The van der Waals surface area contributed by atoms with Gasteiger partial charge in [0.25, 0.3) is 0 Å². The summed E-state index contributed by atoms with van der Waals surface area (Å²) in [5.74, 6) is 0. The molecule has 0 radical (unpaired) electrons. The Hall–Kier alpha value is -0.160. The third kappa shape index (κ3) is 1.54. The first-order valence-corrected chi connectivity index (χ1v) is 3.95. The lowest BCUT2D eigenvalue weighted by Gasteiger charge is -2.36. The van der Waals surface area contributed by atoms with Gasteiger partial charge in [0.1, 0.15) is 6.10 Å². The van der Waals surface area contributed by atoms with Gasteiger partial charge >= 0.3 is 0 Å². The molecule has 0 amide bonds. The molecule has 4 nitrogen and oxygen atoms in total. The highest BCUT2D eigenvalue weighted by Gasteiger charge is 2.34. The fourth-order valence-electron chi connectivity index (χ4n) is 1.31. The monoisotopic (exact) mass is 160 g/mol. The highest BCUT2D eigenvalue weighted by atomic mass is 17.2. The molecule has 2 aliphatic rings. The molecule has 2 heterocycles. The first-order valence-electron chi connectivity index (χ1n) is 3.95. The molecule has 0 aromatic carbocycles. The van der Waals surface area contributed by atoms with Crippen molar-refractivity contribution in [1.29, 1.82) is 0 Å². The van der Waals surface area contributed by atoms with Gasteiger partial charge in [0.05, 0.1) is 0 Å². The molecule has 2 aliphatic heterocycles. The van der Waals surface area contributed by atoms with Crippen LogP contribution in [-0.4, -0.2) is 25.3 Å². The maximum atomic E-state index is 5.33. The summed E-state index contributed by atoms with van der Waals surface area (Å²) in [6, 6.07) is 0. The first kappa shape index (κ1) is 7.49. The van der Waals surface area contributed by atoms with E-state index in [2.05, 4.69) is 0 Å². The van der Waals surface area contributed by atoms with Crippen molar-refractivity contribution in [1.82, 2.24) is 0 Å². The Morgan fingerprint density at radius 3 is 3.09 bits per heavy atom. The second-order valence-corrected chi connectivity index (χ2v) is 2.82. The Kier molecular flexibility index (Phi) is 2.09. The summed E-state index contributed by atoms with van der Waals surface area (Å²) in [6.07, 6.45) is 1.42. The van der Waals surface area contributed by atoms with Gasteiger partial charge in [-0.3, -0.25) is 0 Å². The lowest BCUT2D eigenvalue weighted by Crippen LogP contribution is -2.45. The van der Waals surface area contributed by atoms with E-state index in [1.54, 1.807) is 6.92 Å². The summed E-state index contributed by atoms with van der Waals surface area (Å²) in [5.41, 5.74) is 0. The topological polar surface area (TPSA) is 36.9 Å². The number of fused-ring (bicyclic) bond motifs is 1. The number of rotatable bonds is 0. The zero-order valence-electron chi connectivity index (χ0n) is 6.49.